The third-order valence-electron chi connectivity index (χ3n) is 2.89. The molecule has 0 saturated carbocycles. The van der Waals surface area contributed by atoms with Crippen LogP contribution in [0.25, 0.3) is 0 Å². The van der Waals surface area contributed by atoms with Crippen LogP contribution in [0.1, 0.15) is 43.2 Å². The number of nitrogens with one attached hydrogen (secondary N) is 1. The molecule has 0 saturated heterocycles. The van der Waals surface area contributed by atoms with Crippen LogP contribution < -0.4 is 5.32 Å². The maximum absolute atomic E-state index is 12.3. The molecular weight excluding hydrogens is 226 g/mol. The van der Waals surface area contributed by atoms with E-state index >= 15 is 0 Å². The molecule has 0 fully saturated rings. The third-order valence-corrected chi connectivity index (χ3v) is 2.89. The lowest BCUT2D eigenvalue weighted by atomic mass is 10.1. The lowest BCUT2D eigenvalue weighted by Gasteiger charge is -2.20. The van der Waals surface area contributed by atoms with Gasteiger partial charge in [-0.25, -0.2) is 0 Å². The van der Waals surface area contributed by atoms with E-state index < -0.39 is 0 Å². The fourth-order valence-electron chi connectivity index (χ4n) is 1.82. The minimum Gasteiger partial charge on any atom is -0.384 e. The molecule has 1 N–H and O–H groups in total. The highest BCUT2D eigenvalue weighted by atomic mass is 16.2. The van der Waals surface area contributed by atoms with Crippen molar-refractivity contribution in [2.75, 3.05) is 25.0 Å². The molecule has 4 nitrogen and oxygen atoms in total. The maximum atomic E-state index is 12.3. The Hall–Kier alpha value is -1.58. The van der Waals surface area contributed by atoms with E-state index in [9.17, 15) is 4.79 Å². The van der Waals surface area contributed by atoms with E-state index in [1.165, 1.54) is 0 Å². The third kappa shape index (κ3) is 3.45. The highest BCUT2D eigenvalue weighted by Crippen LogP contribution is 2.18. The van der Waals surface area contributed by atoms with Gasteiger partial charge >= 0.3 is 0 Å². The summed E-state index contributed by atoms with van der Waals surface area (Å²) in [5.41, 5.74) is 2.48. The molecule has 1 aromatic rings. The van der Waals surface area contributed by atoms with Gasteiger partial charge in [-0.2, -0.15) is 0 Å². The Kier molecular flexibility index (Phi) is 5.62. The van der Waals surface area contributed by atoms with Gasteiger partial charge in [0.15, 0.2) is 0 Å². The lowest BCUT2D eigenvalue weighted by molar-refractivity contribution is 0.0773. The zero-order valence-corrected chi connectivity index (χ0v) is 11.8. The van der Waals surface area contributed by atoms with Crippen molar-refractivity contribution in [3.05, 3.63) is 23.5 Å². The van der Waals surface area contributed by atoms with Gasteiger partial charge in [0.2, 0.25) is 0 Å². The molecule has 0 aromatic carbocycles. The summed E-state index contributed by atoms with van der Waals surface area (Å²) in [5, 5.41) is 3.30. The highest BCUT2D eigenvalue weighted by Gasteiger charge is 2.16. The molecule has 1 rings (SSSR count). The molecule has 0 spiro atoms. The standard InChI is InChI=1S/C14H23N3O/c1-5-8-15-13-9-11(4)16-10-12(13)14(18)17(6-2)7-3/h9-10H,5-8H2,1-4H3,(H,15,16). The average Bonchev–Trinajstić information content (AvgIpc) is 2.37. The molecular formula is C14H23N3O. The van der Waals surface area contributed by atoms with Gasteiger partial charge in [-0.05, 0) is 33.3 Å². The Balaban J connectivity index is 3.02. The molecule has 1 aromatic heterocycles. The fraction of sp³-hybridized carbons (Fsp3) is 0.571. The summed E-state index contributed by atoms with van der Waals surface area (Å²) in [6, 6.07) is 1.94. The van der Waals surface area contributed by atoms with Gasteiger partial charge in [0, 0.05) is 31.5 Å². The van der Waals surface area contributed by atoms with Crippen LogP contribution >= 0.6 is 0 Å². The number of amides is 1. The number of aromatic nitrogens is 1. The van der Waals surface area contributed by atoms with E-state index in [4.69, 9.17) is 0 Å². The number of anilines is 1. The van der Waals surface area contributed by atoms with Gasteiger partial charge < -0.3 is 10.2 Å². The summed E-state index contributed by atoms with van der Waals surface area (Å²) in [5.74, 6) is 0.0473. The number of pyridine rings is 1. The Bertz CT molecular complexity index is 400. The summed E-state index contributed by atoms with van der Waals surface area (Å²) in [4.78, 5) is 18.4. The number of hydrogen-bond acceptors (Lipinski definition) is 3. The minimum absolute atomic E-state index is 0.0473. The van der Waals surface area contributed by atoms with E-state index in [0.29, 0.717) is 5.56 Å². The molecule has 0 bridgehead atoms. The first-order valence-corrected chi connectivity index (χ1v) is 6.63. The van der Waals surface area contributed by atoms with Crippen LogP contribution in [0.3, 0.4) is 0 Å². The summed E-state index contributed by atoms with van der Waals surface area (Å²) in [6.45, 7) is 10.3. The minimum atomic E-state index is 0.0473. The van der Waals surface area contributed by atoms with E-state index in [1.807, 2.05) is 31.7 Å². The van der Waals surface area contributed by atoms with Gasteiger partial charge in [-0.15, -0.1) is 0 Å². The first-order valence-electron chi connectivity index (χ1n) is 6.63. The van der Waals surface area contributed by atoms with Gasteiger partial charge in [0.1, 0.15) is 0 Å². The van der Waals surface area contributed by atoms with Crippen molar-refractivity contribution in [1.82, 2.24) is 9.88 Å². The number of carbonyl (C=O) groups excluding carboxylic acids is 1. The molecule has 4 heteroatoms. The molecule has 0 aliphatic carbocycles. The van der Waals surface area contributed by atoms with Crippen LogP contribution in [0.2, 0.25) is 0 Å². The summed E-state index contributed by atoms with van der Waals surface area (Å²) < 4.78 is 0. The van der Waals surface area contributed by atoms with Crippen molar-refractivity contribution in [3.63, 3.8) is 0 Å². The topological polar surface area (TPSA) is 45.2 Å². The molecule has 0 atom stereocenters. The number of rotatable bonds is 6. The predicted molar refractivity (Wildman–Crippen MR) is 75.0 cm³/mol. The van der Waals surface area contributed by atoms with Crippen molar-refractivity contribution in [1.29, 1.82) is 0 Å². The SMILES string of the molecule is CCCNc1cc(C)ncc1C(=O)N(CC)CC. The van der Waals surface area contributed by atoms with E-state index in [-0.39, 0.29) is 5.91 Å². The largest absolute Gasteiger partial charge is 0.384 e. The van der Waals surface area contributed by atoms with E-state index in [1.54, 1.807) is 6.20 Å². The number of carbonyl (C=O) groups is 1. The normalized spacial score (nSPS) is 10.2. The highest BCUT2D eigenvalue weighted by molar-refractivity contribution is 5.99. The van der Waals surface area contributed by atoms with E-state index in [0.717, 1.165) is 37.4 Å². The van der Waals surface area contributed by atoms with Crippen LogP contribution in [-0.4, -0.2) is 35.4 Å². The first-order chi connectivity index (χ1) is 8.63. The fourth-order valence-corrected chi connectivity index (χ4v) is 1.82. The molecule has 0 unspecified atom stereocenters. The number of nitrogens with zero attached hydrogens (tertiary/aromatic N) is 2. The van der Waals surface area contributed by atoms with Gasteiger partial charge in [-0.1, -0.05) is 6.92 Å². The quantitative estimate of drug-likeness (QED) is 0.843. The molecule has 0 aliphatic rings. The van der Waals surface area contributed by atoms with Crippen molar-refractivity contribution < 1.29 is 4.79 Å². The monoisotopic (exact) mass is 249 g/mol. The van der Waals surface area contributed by atoms with E-state index in [2.05, 4.69) is 17.2 Å². The zero-order chi connectivity index (χ0) is 13.5. The second kappa shape index (κ2) is 6.99. The molecule has 0 aliphatic heterocycles. The van der Waals surface area contributed by atoms with Crippen molar-refractivity contribution in [3.8, 4) is 0 Å². The molecule has 100 valence electrons. The Labute approximate surface area is 109 Å². The van der Waals surface area contributed by atoms with Gasteiger partial charge in [-0.3, -0.25) is 9.78 Å². The Morgan fingerprint density at radius 1 is 1.33 bits per heavy atom. The number of aryl methyl sites for hydroxylation is 1. The van der Waals surface area contributed by atoms with Crippen LogP contribution in [-0.2, 0) is 0 Å². The van der Waals surface area contributed by atoms with Crippen LogP contribution in [0.4, 0.5) is 5.69 Å². The van der Waals surface area contributed by atoms with Crippen LogP contribution in [0, 0.1) is 6.92 Å². The summed E-state index contributed by atoms with van der Waals surface area (Å²) in [6.07, 6.45) is 2.70. The first kappa shape index (κ1) is 14.5. The van der Waals surface area contributed by atoms with Crippen LogP contribution in [0.15, 0.2) is 12.3 Å². The Morgan fingerprint density at radius 3 is 2.56 bits per heavy atom. The molecule has 18 heavy (non-hydrogen) atoms. The molecule has 1 amide bonds. The van der Waals surface area contributed by atoms with Gasteiger partial charge in [0.25, 0.3) is 5.91 Å². The van der Waals surface area contributed by atoms with Crippen molar-refractivity contribution in [2.45, 2.75) is 34.1 Å². The summed E-state index contributed by atoms with van der Waals surface area (Å²) in [7, 11) is 0. The molecule has 0 radical (unpaired) electrons. The van der Waals surface area contributed by atoms with Crippen molar-refractivity contribution >= 4 is 11.6 Å². The predicted octanol–water partition coefficient (Wildman–Crippen LogP) is 2.69. The summed E-state index contributed by atoms with van der Waals surface area (Å²) >= 11 is 0. The average molecular weight is 249 g/mol. The van der Waals surface area contributed by atoms with Gasteiger partial charge in [0.05, 0.1) is 11.3 Å². The smallest absolute Gasteiger partial charge is 0.257 e. The maximum Gasteiger partial charge on any atom is 0.257 e. The zero-order valence-electron chi connectivity index (χ0n) is 11.8. The second-order valence-corrected chi connectivity index (χ2v) is 4.28. The van der Waals surface area contributed by atoms with Crippen molar-refractivity contribution in [2.24, 2.45) is 0 Å². The lowest BCUT2D eigenvalue weighted by Crippen LogP contribution is -2.31. The molecule has 1 heterocycles. The van der Waals surface area contributed by atoms with Crippen LogP contribution in [0.5, 0.6) is 0 Å². The Morgan fingerprint density at radius 2 is 2.00 bits per heavy atom. The second-order valence-electron chi connectivity index (χ2n) is 4.28. The number of hydrogen-bond donors (Lipinski definition) is 1.